The molecule has 0 radical (unpaired) electrons. The topological polar surface area (TPSA) is 68.5 Å². The fourth-order valence-electron chi connectivity index (χ4n) is 2.97. The number of hydrogen-bond donors (Lipinski definition) is 1. The van der Waals surface area contributed by atoms with Gasteiger partial charge in [0.15, 0.2) is 0 Å². The standard InChI is InChI=1S/C19H21NO4S/c1-12-17(19(22)23-2)9-15(24-12)10-20-18(21)11-25-16-7-6-13-4-3-5-14(13)8-16/h6-9H,3-5,10-11H2,1-2H3,(H,20,21). The number of carbonyl (C=O) groups is 2. The van der Waals surface area contributed by atoms with Crippen LogP contribution in [0.4, 0.5) is 0 Å². The third-order valence-corrected chi connectivity index (χ3v) is 5.27. The quantitative estimate of drug-likeness (QED) is 0.633. The van der Waals surface area contributed by atoms with E-state index in [0.29, 0.717) is 22.8 Å². The number of fused-ring (bicyclic) bond motifs is 1. The lowest BCUT2D eigenvalue weighted by molar-refractivity contribution is -0.118. The summed E-state index contributed by atoms with van der Waals surface area (Å²) in [5.41, 5.74) is 3.23. The molecule has 1 aliphatic carbocycles. The van der Waals surface area contributed by atoms with Crippen LogP contribution in [0.25, 0.3) is 0 Å². The zero-order valence-electron chi connectivity index (χ0n) is 14.4. The van der Waals surface area contributed by atoms with Gasteiger partial charge in [-0.3, -0.25) is 4.79 Å². The van der Waals surface area contributed by atoms with Crippen LogP contribution in [0, 0.1) is 6.92 Å². The van der Waals surface area contributed by atoms with Gasteiger partial charge in [-0.25, -0.2) is 4.79 Å². The van der Waals surface area contributed by atoms with Crippen molar-refractivity contribution in [2.45, 2.75) is 37.6 Å². The molecule has 25 heavy (non-hydrogen) atoms. The van der Waals surface area contributed by atoms with E-state index in [1.807, 2.05) is 0 Å². The zero-order chi connectivity index (χ0) is 17.8. The number of methoxy groups -OCH3 is 1. The number of benzene rings is 1. The summed E-state index contributed by atoms with van der Waals surface area (Å²) in [5.74, 6) is 0.866. The summed E-state index contributed by atoms with van der Waals surface area (Å²) < 4.78 is 10.2. The van der Waals surface area contributed by atoms with Crippen molar-refractivity contribution in [3.8, 4) is 0 Å². The fraction of sp³-hybridized carbons (Fsp3) is 0.368. The van der Waals surface area contributed by atoms with E-state index in [1.54, 1.807) is 13.0 Å². The molecule has 1 N–H and O–H groups in total. The predicted molar refractivity (Wildman–Crippen MR) is 95.8 cm³/mol. The third-order valence-electron chi connectivity index (χ3n) is 4.27. The maximum Gasteiger partial charge on any atom is 0.341 e. The Morgan fingerprint density at radius 3 is 2.84 bits per heavy atom. The first-order valence-corrected chi connectivity index (χ1v) is 9.24. The number of thioether (sulfide) groups is 1. The lowest BCUT2D eigenvalue weighted by atomic mass is 10.1. The second-order valence-corrected chi connectivity index (χ2v) is 7.07. The Bertz CT molecular complexity index is 797. The zero-order valence-corrected chi connectivity index (χ0v) is 15.2. The van der Waals surface area contributed by atoms with E-state index < -0.39 is 5.97 Å². The van der Waals surface area contributed by atoms with Crippen LogP contribution in [0.1, 0.15) is 39.4 Å². The van der Waals surface area contributed by atoms with Gasteiger partial charge in [0.25, 0.3) is 0 Å². The van der Waals surface area contributed by atoms with Gasteiger partial charge in [0, 0.05) is 4.90 Å². The first-order chi connectivity index (χ1) is 12.1. The van der Waals surface area contributed by atoms with Gasteiger partial charge < -0.3 is 14.5 Å². The van der Waals surface area contributed by atoms with Crippen molar-refractivity contribution in [1.29, 1.82) is 0 Å². The highest BCUT2D eigenvalue weighted by Gasteiger charge is 2.16. The minimum absolute atomic E-state index is 0.0702. The smallest absolute Gasteiger partial charge is 0.341 e. The van der Waals surface area contributed by atoms with Crippen LogP contribution >= 0.6 is 11.8 Å². The molecule has 132 valence electrons. The molecule has 0 saturated carbocycles. The van der Waals surface area contributed by atoms with Crippen molar-refractivity contribution in [2.75, 3.05) is 12.9 Å². The van der Waals surface area contributed by atoms with Crippen molar-refractivity contribution in [2.24, 2.45) is 0 Å². The van der Waals surface area contributed by atoms with Crippen molar-refractivity contribution in [1.82, 2.24) is 5.32 Å². The van der Waals surface area contributed by atoms with E-state index in [9.17, 15) is 9.59 Å². The summed E-state index contributed by atoms with van der Waals surface area (Å²) in [6.07, 6.45) is 3.52. The number of amides is 1. The molecular formula is C19H21NO4S. The van der Waals surface area contributed by atoms with Gasteiger partial charge in [-0.1, -0.05) is 6.07 Å². The first kappa shape index (κ1) is 17.6. The Labute approximate surface area is 151 Å². The molecule has 0 saturated heterocycles. The van der Waals surface area contributed by atoms with Gasteiger partial charge in [0.05, 0.1) is 19.4 Å². The molecule has 1 aromatic heterocycles. The monoisotopic (exact) mass is 359 g/mol. The Morgan fingerprint density at radius 1 is 1.24 bits per heavy atom. The van der Waals surface area contributed by atoms with Crippen molar-refractivity contribution in [3.63, 3.8) is 0 Å². The molecule has 3 rings (SSSR count). The minimum Gasteiger partial charge on any atom is -0.465 e. The van der Waals surface area contributed by atoms with E-state index in [-0.39, 0.29) is 12.5 Å². The summed E-state index contributed by atoms with van der Waals surface area (Å²) in [4.78, 5) is 24.7. The normalized spacial score (nSPS) is 12.7. The molecule has 1 aliphatic rings. The number of carbonyl (C=O) groups excluding carboxylic acids is 2. The van der Waals surface area contributed by atoms with Crippen LogP contribution < -0.4 is 5.32 Å². The average molecular weight is 359 g/mol. The molecule has 1 heterocycles. The number of rotatable bonds is 6. The van der Waals surface area contributed by atoms with E-state index >= 15 is 0 Å². The Kier molecular flexibility index (Phi) is 5.48. The van der Waals surface area contributed by atoms with E-state index in [2.05, 4.69) is 28.3 Å². The van der Waals surface area contributed by atoms with Crippen molar-refractivity contribution in [3.05, 3.63) is 52.5 Å². The van der Waals surface area contributed by atoms with Gasteiger partial charge in [0.1, 0.15) is 17.1 Å². The minimum atomic E-state index is -0.439. The number of esters is 1. The molecule has 0 fully saturated rings. The van der Waals surface area contributed by atoms with Gasteiger partial charge in [-0.05, 0) is 55.5 Å². The number of nitrogens with one attached hydrogen (secondary N) is 1. The van der Waals surface area contributed by atoms with Crippen LogP contribution in [0.2, 0.25) is 0 Å². The molecule has 0 spiro atoms. The van der Waals surface area contributed by atoms with Gasteiger partial charge in [0.2, 0.25) is 5.91 Å². The van der Waals surface area contributed by atoms with Crippen molar-refractivity contribution < 1.29 is 18.7 Å². The number of aryl methyl sites for hydroxylation is 3. The lowest BCUT2D eigenvalue weighted by Crippen LogP contribution is -2.24. The molecule has 0 unspecified atom stereocenters. The lowest BCUT2D eigenvalue weighted by Gasteiger charge is -2.05. The van der Waals surface area contributed by atoms with Gasteiger partial charge >= 0.3 is 5.97 Å². The van der Waals surface area contributed by atoms with Gasteiger partial charge in [-0.15, -0.1) is 11.8 Å². The SMILES string of the molecule is COC(=O)c1cc(CNC(=O)CSc2ccc3c(c2)CCC3)oc1C. The molecule has 2 aromatic rings. The second-order valence-electron chi connectivity index (χ2n) is 6.02. The molecule has 6 heteroatoms. The van der Waals surface area contributed by atoms with E-state index in [0.717, 1.165) is 17.7 Å². The summed E-state index contributed by atoms with van der Waals surface area (Å²) in [5, 5.41) is 2.81. The molecular weight excluding hydrogens is 338 g/mol. The summed E-state index contributed by atoms with van der Waals surface area (Å²) >= 11 is 1.53. The third kappa shape index (κ3) is 4.25. The fourth-order valence-corrected chi connectivity index (χ4v) is 3.76. The largest absolute Gasteiger partial charge is 0.465 e. The van der Waals surface area contributed by atoms with Crippen LogP contribution in [0.3, 0.4) is 0 Å². The Balaban J connectivity index is 1.49. The Hall–Kier alpha value is -2.21. The number of ether oxygens (including phenoxy) is 1. The van der Waals surface area contributed by atoms with Crippen LogP contribution in [-0.2, 0) is 28.9 Å². The molecule has 1 aromatic carbocycles. The highest BCUT2D eigenvalue weighted by Crippen LogP contribution is 2.27. The van der Waals surface area contributed by atoms with E-state index in [4.69, 9.17) is 4.42 Å². The van der Waals surface area contributed by atoms with Crippen LogP contribution in [-0.4, -0.2) is 24.7 Å². The number of hydrogen-bond acceptors (Lipinski definition) is 5. The molecule has 0 bridgehead atoms. The van der Waals surface area contributed by atoms with Crippen molar-refractivity contribution >= 4 is 23.6 Å². The first-order valence-electron chi connectivity index (χ1n) is 8.25. The van der Waals surface area contributed by atoms with Crippen LogP contribution in [0.5, 0.6) is 0 Å². The van der Waals surface area contributed by atoms with Gasteiger partial charge in [-0.2, -0.15) is 0 Å². The highest BCUT2D eigenvalue weighted by molar-refractivity contribution is 8.00. The maximum atomic E-state index is 12.0. The second kappa shape index (κ2) is 7.78. The summed E-state index contributed by atoms with van der Waals surface area (Å²) in [6, 6.07) is 8.05. The molecule has 5 nitrogen and oxygen atoms in total. The predicted octanol–water partition coefficient (Wildman–Crippen LogP) is 3.27. The average Bonchev–Trinajstić information content (AvgIpc) is 3.23. The molecule has 1 amide bonds. The van der Waals surface area contributed by atoms with E-state index in [1.165, 1.54) is 36.4 Å². The molecule has 0 atom stereocenters. The summed E-state index contributed by atoms with van der Waals surface area (Å²) in [6.45, 7) is 1.95. The highest BCUT2D eigenvalue weighted by atomic mass is 32.2. The Morgan fingerprint density at radius 2 is 2.04 bits per heavy atom. The van der Waals surface area contributed by atoms with Crippen LogP contribution in [0.15, 0.2) is 33.6 Å². The number of furan rings is 1. The molecule has 0 aliphatic heterocycles. The summed E-state index contributed by atoms with van der Waals surface area (Å²) in [7, 11) is 1.33. The maximum absolute atomic E-state index is 12.0.